The average molecular weight is 431 g/mol. The third-order valence-corrected chi connectivity index (χ3v) is 6.09. The second-order valence-electron chi connectivity index (χ2n) is 8.37. The molecule has 1 fully saturated rings. The summed E-state index contributed by atoms with van der Waals surface area (Å²) in [4.78, 5) is 25.1. The number of pyridine rings is 1. The van der Waals surface area contributed by atoms with Gasteiger partial charge >= 0.3 is 0 Å². The highest BCUT2D eigenvalue weighted by atomic mass is 16.5. The first-order valence-electron chi connectivity index (χ1n) is 10.7. The largest absolute Gasteiger partial charge is 0.370 e. The molecule has 0 radical (unpaired) electrons. The van der Waals surface area contributed by atoms with Gasteiger partial charge in [0.1, 0.15) is 23.3 Å². The minimum atomic E-state index is -0.100. The lowest BCUT2D eigenvalue weighted by molar-refractivity contribution is 0.0395. The Labute approximate surface area is 186 Å². The monoisotopic (exact) mass is 430 g/mol. The van der Waals surface area contributed by atoms with Crippen molar-refractivity contribution in [2.24, 2.45) is 14.1 Å². The van der Waals surface area contributed by atoms with Crippen LogP contribution in [0.1, 0.15) is 23.1 Å². The molecule has 4 aromatic rings. The van der Waals surface area contributed by atoms with Gasteiger partial charge in [0.15, 0.2) is 0 Å². The highest BCUT2D eigenvalue weighted by Gasteiger charge is 2.25. The first kappa shape index (κ1) is 20.4. The second-order valence-corrected chi connectivity index (χ2v) is 8.37. The number of fused-ring (bicyclic) bond motifs is 1. The molecular formula is C24H26N6O2. The standard InChI is InChI=1S/C24H26N6O2/c1-15-5-7-17(8-6-15)22-23-19(24(31)29(4)16(2)26-23)11-21(27-22)30-9-10-32-20(14-30)18-12-25-28(3)13-18/h5-8,11-13,20H,9-10,14H2,1-4H3/t20-/m1/s1. The van der Waals surface area contributed by atoms with Crippen LogP contribution in [0.4, 0.5) is 5.82 Å². The van der Waals surface area contributed by atoms with Crippen LogP contribution in [0, 0.1) is 13.8 Å². The fourth-order valence-corrected chi connectivity index (χ4v) is 4.11. The highest BCUT2D eigenvalue weighted by molar-refractivity contribution is 5.93. The van der Waals surface area contributed by atoms with Crippen molar-refractivity contribution in [3.8, 4) is 11.3 Å². The average Bonchev–Trinajstić information content (AvgIpc) is 3.24. The minimum absolute atomic E-state index is 0.0680. The van der Waals surface area contributed by atoms with E-state index in [9.17, 15) is 4.79 Å². The molecular weight excluding hydrogens is 404 g/mol. The number of rotatable bonds is 3. The van der Waals surface area contributed by atoms with E-state index in [1.165, 1.54) is 5.56 Å². The molecule has 32 heavy (non-hydrogen) atoms. The molecule has 8 nitrogen and oxygen atoms in total. The first-order valence-corrected chi connectivity index (χ1v) is 10.7. The summed E-state index contributed by atoms with van der Waals surface area (Å²) in [6.07, 6.45) is 3.71. The highest BCUT2D eigenvalue weighted by Crippen LogP contribution is 2.31. The van der Waals surface area contributed by atoms with Crippen LogP contribution in [0.15, 0.2) is 47.5 Å². The van der Waals surface area contributed by atoms with Gasteiger partial charge in [-0.05, 0) is 19.9 Å². The van der Waals surface area contributed by atoms with E-state index in [4.69, 9.17) is 14.7 Å². The summed E-state index contributed by atoms with van der Waals surface area (Å²) in [5.41, 5.74) is 4.44. The molecule has 1 atom stereocenters. The van der Waals surface area contributed by atoms with Crippen molar-refractivity contribution in [3.05, 3.63) is 70.0 Å². The number of morpholine rings is 1. The molecule has 1 aliphatic rings. The normalized spacial score (nSPS) is 16.6. The SMILES string of the molecule is Cc1ccc(-c2nc(N3CCO[C@@H](c4cnn(C)c4)C3)cc3c(=O)n(C)c(C)nc23)cc1. The lowest BCUT2D eigenvalue weighted by Gasteiger charge is -2.33. The fourth-order valence-electron chi connectivity index (χ4n) is 4.11. The van der Waals surface area contributed by atoms with E-state index in [0.29, 0.717) is 36.4 Å². The molecule has 0 spiro atoms. The van der Waals surface area contributed by atoms with Crippen LogP contribution in [0.25, 0.3) is 22.2 Å². The molecule has 1 aliphatic heterocycles. The molecule has 0 unspecified atom stereocenters. The number of aryl methyl sites for hydroxylation is 3. The molecule has 1 aromatic carbocycles. The van der Waals surface area contributed by atoms with Crippen molar-refractivity contribution in [1.29, 1.82) is 0 Å². The summed E-state index contributed by atoms with van der Waals surface area (Å²) in [6, 6.07) is 10.0. The van der Waals surface area contributed by atoms with Crippen LogP contribution in [0.3, 0.4) is 0 Å². The predicted octanol–water partition coefficient (Wildman–Crippen LogP) is 2.92. The molecule has 0 amide bonds. The summed E-state index contributed by atoms with van der Waals surface area (Å²) in [5, 5.41) is 4.84. The third-order valence-electron chi connectivity index (χ3n) is 6.09. The van der Waals surface area contributed by atoms with Gasteiger partial charge in [0.2, 0.25) is 0 Å². The van der Waals surface area contributed by atoms with Crippen molar-refractivity contribution < 1.29 is 4.74 Å². The summed E-state index contributed by atoms with van der Waals surface area (Å²) in [7, 11) is 3.65. The van der Waals surface area contributed by atoms with E-state index >= 15 is 0 Å². The number of aromatic nitrogens is 5. The van der Waals surface area contributed by atoms with E-state index in [2.05, 4.69) is 29.1 Å². The Morgan fingerprint density at radius 2 is 1.88 bits per heavy atom. The van der Waals surface area contributed by atoms with Crippen LogP contribution in [-0.4, -0.2) is 44.0 Å². The van der Waals surface area contributed by atoms with Gasteiger partial charge in [0.25, 0.3) is 5.56 Å². The Kier molecular flexibility index (Phi) is 5.01. The fraction of sp³-hybridized carbons (Fsp3) is 0.333. The first-order chi connectivity index (χ1) is 15.4. The Morgan fingerprint density at radius 1 is 1.09 bits per heavy atom. The maximum atomic E-state index is 13.2. The van der Waals surface area contributed by atoms with Crippen molar-refractivity contribution in [2.75, 3.05) is 24.6 Å². The van der Waals surface area contributed by atoms with Gasteiger partial charge in [-0.2, -0.15) is 5.10 Å². The van der Waals surface area contributed by atoms with Crippen LogP contribution in [-0.2, 0) is 18.8 Å². The second kappa shape index (κ2) is 7.87. The smallest absolute Gasteiger partial charge is 0.261 e. The number of benzene rings is 1. The maximum Gasteiger partial charge on any atom is 0.261 e. The number of hydrogen-bond donors (Lipinski definition) is 0. The van der Waals surface area contributed by atoms with Gasteiger partial charge in [0.05, 0.1) is 23.9 Å². The van der Waals surface area contributed by atoms with Crippen LogP contribution in [0.2, 0.25) is 0 Å². The Balaban J connectivity index is 1.64. The van der Waals surface area contributed by atoms with E-state index in [1.54, 1.807) is 16.3 Å². The molecule has 0 N–H and O–H groups in total. The van der Waals surface area contributed by atoms with Gasteiger partial charge in [-0.15, -0.1) is 0 Å². The lowest BCUT2D eigenvalue weighted by atomic mass is 10.1. The number of hydrogen-bond acceptors (Lipinski definition) is 6. The van der Waals surface area contributed by atoms with Gasteiger partial charge < -0.3 is 9.64 Å². The Hall–Kier alpha value is -3.52. The number of anilines is 1. The summed E-state index contributed by atoms with van der Waals surface area (Å²) >= 11 is 0. The third kappa shape index (κ3) is 3.56. The topological polar surface area (TPSA) is 78.1 Å². The van der Waals surface area contributed by atoms with Gasteiger partial charge in [-0.1, -0.05) is 29.8 Å². The van der Waals surface area contributed by atoms with Crippen LogP contribution >= 0.6 is 0 Å². The molecule has 4 heterocycles. The zero-order valence-corrected chi connectivity index (χ0v) is 18.7. The molecule has 3 aromatic heterocycles. The van der Waals surface area contributed by atoms with E-state index in [0.717, 1.165) is 22.6 Å². The molecule has 8 heteroatoms. The van der Waals surface area contributed by atoms with E-state index in [-0.39, 0.29) is 11.7 Å². The van der Waals surface area contributed by atoms with Gasteiger partial charge in [-0.3, -0.25) is 14.0 Å². The number of ether oxygens (including phenoxy) is 1. The Morgan fingerprint density at radius 3 is 2.59 bits per heavy atom. The minimum Gasteiger partial charge on any atom is -0.370 e. The number of nitrogens with zero attached hydrogens (tertiary/aromatic N) is 6. The van der Waals surface area contributed by atoms with E-state index in [1.807, 2.05) is 44.6 Å². The van der Waals surface area contributed by atoms with Crippen LogP contribution < -0.4 is 10.5 Å². The van der Waals surface area contributed by atoms with E-state index < -0.39 is 0 Å². The van der Waals surface area contributed by atoms with Crippen molar-refractivity contribution in [3.63, 3.8) is 0 Å². The summed E-state index contributed by atoms with van der Waals surface area (Å²) < 4.78 is 9.37. The molecule has 5 rings (SSSR count). The van der Waals surface area contributed by atoms with Crippen molar-refractivity contribution in [2.45, 2.75) is 20.0 Å². The zero-order chi connectivity index (χ0) is 22.4. The summed E-state index contributed by atoms with van der Waals surface area (Å²) in [6.45, 7) is 5.80. The quantitative estimate of drug-likeness (QED) is 0.497. The van der Waals surface area contributed by atoms with Gasteiger partial charge in [0, 0.05) is 44.5 Å². The molecule has 1 saturated heterocycles. The Bertz CT molecular complexity index is 1360. The predicted molar refractivity (Wildman–Crippen MR) is 124 cm³/mol. The molecule has 0 aliphatic carbocycles. The molecule has 0 saturated carbocycles. The lowest BCUT2D eigenvalue weighted by Crippen LogP contribution is -2.39. The van der Waals surface area contributed by atoms with Gasteiger partial charge in [-0.25, -0.2) is 9.97 Å². The molecule has 164 valence electrons. The molecule has 0 bridgehead atoms. The summed E-state index contributed by atoms with van der Waals surface area (Å²) in [5.74, 6) is 1.42. The van der Waals surface area contributed by atoms with Crippen molar-refractivity contribution in [1.82, 2.24) is 24.3 Å². The zero-order valence-electron chi connectivity index (χ0n) is 18.7. The maximum absolute atomic E-state index is 13.2. The van der Waals surface area contributed by atoms with Crippen molar-refractivity contribution >= 4 is 16.7 Å². The van der Waals surface area contributed by atoms with Crippen LogP contribution in [0.5, 0.6) is 0 Å².